The summed E-state index contributed by atoms with van der Waals surface area (Å²) in [4.78, 5) is 0. The van der Waals surface area contributed by atoms with Crippen molar-refractivity contribution >= 4 is 7.60 Å². The topological polar surface area (TPSA) is 156 Å². The number of hydrogen-bond donors (Lipinski definition) is 0. The maximum absolute atomic E-state index is 15.2. The van der Waals surface area contributed by atoms with Crippen LogP contribution in [0.2, 0.25) is 0 Å². The second-order valence-electron chi connectivity index (χ2n) is 14.7. The Hall–Kier alpha value is -0.370. The van der Waals surface area contributed by atoms with Gasteiger partial charge in [-0.25, -0.2) is 0 Å². The van der Waals surface area contributed by atoms with Crippen LogP contribution in [0.25, 0.3) is 0 Å². The van der Waals surface area contributed by atoms with Crippen LogP contribution in [-0.2, 0) is 75.2 Å². The highest BCUT2D eigenvalue weighted by Crippen LogP contribution is 2.62. The predicted octanol–water partition coefficient (Wildman–Crippen LogP) is 2.39. The highest BCUT2D eigenvalue weighted by atomic mass is 31.2. The summed E-state index contributed by atoms with van der Waals surface area (Å²) in [6.07, 6.45) is -7.59. The molecule has 0 saturated carbocycles. The van der Waals surface area contributed by atoms with E-state index >= 15 is 4.57 Å². The molecule has 47 heavy (non-hydrogen) atoms. The molecule has 0 aromatic carbocycles. The molecule has 0 aromatic heterocycles. The molecule has 17 heteroatoms. The summed E-state index contributed by atoms with van der Waals surface area (Å²) in [7, 11) is -1.22. The lowest BCUT2D eigenvalue weighted by Gasteiger charge is -2.31. The van der Waals surface area contributed by atoms with Crippen LogP contribution in [0.4, 0.5) is 0 Å². The molecule has 13 atom stereocenters. The van der Waals surface area contributed by atoms with E-state index in [2.05, 4.69) is 0 Å². The maximum atomic E-state index is 15.2. The molecule has 0 aliphatic carbocycles. The number of methoxy groups -OCH3 is 2. The molecular formula is C30H49O16P. The number of fused-ring (bicyclic) bond motifs is 3. The molecule has 7 heterocycles. The molecule has 270 valence electrons. The van der Waals surface area contributed by atoms with Gasteiger partial charge in [-0.1, -0.05) is 0 Å². The van der Waals surface area contributed by atoms with E-state index < -0.39 is 110 Å². The zero-order valence-corrected chi connectivity index (χ0v) is 29.5. The first-order valence-corrected chi connectivity index (χ1v) is 17.8. The molecule has 7 rings (SSSR count). The highest BCUT2D eigenvalue weighted by Gasteiger charge is 2.65. The lowest BCUT2D eigenvalue weighted by Crippen LogP contribution is -2.40. The fourth-order valence-corrected chi connectivity index (χ4v) is 9.47. The quantitative estimate of drug-likeness (QED) is 0.307. The van der Waals surface area contributed by atoms with E-state index in [1.807, 2.05) is 41.5 Å². The first-order chi connectivity index (χ1) is 21.9. The van der Waals surface area contributed by atoms with E-state index in [1.54, 1.807) is 13.8 Å². The summed E-state index contributed by atoms with van der Waals surface area (Å²) >= 11 is 0. The van der Waals surface area contributed by atoms with E-state index in [4.69, 9.17) is 70.6 Å². The smallest absolute Gasteiger partial charge is 0.354 e. The van der Waals surface area contributed by atoms with Crippen LogP contribution < -0.4 is 0 Å². The van der Waals surface area contributed by atoms with Crippen molar-refractivity contribution in [1.82, 2.24) is 0 Å². The van der Waals surface area contributed by atoms with E-state index in [0.29, 0.717) is 0 Å². The summed E-state index contributed by atoms with van der Waals surface area (Å²) in [6.45, 7) is 14.3. The molecule has 16 nitrogen and oxygen atoms in total. The number of rotatable bonds is 10. The van der Waals surface area contributed by atoms with Gasteiger partial charge in [0.05, 0.1) is 19.8 Å². The Morgan fingerprint density at radius 2 is 1.00 bits per heavy atom. The van der Waals surface area contributed by atoms with Crippen molar-refractivity contribution < 1.29 is 75.2 Å². The molecular weight excluding hydrogens is 647 g/mol. The monoisotopic (exact) mass is 696 g/mol. The molecule has 7 aliphatic heterocycles. The van der Waals surface area contributed by atoms with Crippen LogP contribution in [0.5, 0.6) is 0 Å². The normalized spacial score (nSPS) is 48.4. The minimum absolute atomic E-state index is 0.190. The zero-order valence-electron chi connectivity index (χ0n) is 28.6. The minimum Gasteiger partial charge on any atom is -0.354 e. The fraction of sp³-hybridized carbons (Fsp3) is 1.00. The molecule has 0 unspecified atom stereocenters. The average Bonchev–Trinajstić information content (AvgIpc) is 3.81. The highest BCUT2D eigenvalue weighted by molar-refractivity contribution is 7.54. The van der Waals surface area contributed by atoms with Crippen molar-refractivity contribution in [3.8, 4) is 0 Å². The van der Waals surface area contributed by atoms with Gasteiger partial charge in [0.25, 0.3) is 0 Å². The fourth-order valence-electron chi connectivity index (χ4n) is 7.51. The van der Waals surface area contributed by atoms with Crippen LogP contribution in [0.1, 0.15) is 55.4 Å². The van der Waals surface area contributed by atoms with Crippen LogP contribution >= 0.6 is 7.60 Å². The summed E-state index contributed by atoms with van der Waals surface area (Å²) in [6, 6.07) is 0. The van der Waals surface area contributed by atoms with Gasteiger partial charge in [0.1, 0.15) is 61.0 Å². The third-order valence-electron chi connectivity index (χ3n) is 9.29. The molecule has 0 N–H and O–H groups in total. The van der Waals surface area contributed by atoms with Crippen LogP contribution in [-0.4, -0.2) is 137 Å². The maximum Gasteiger partial charge on any atom is 0.362 e. The van der Waals surface area contributed by atoms with Crippen LogP contribution in [0, 0.1) is 0 Å². The Bertz CT molecular complexity index is 1160. The SMILES string of the molecule is CO[C@@H]1O[C@H](COP(=O)(OC[C@H]2O[C@@H](OC)[C@@H]3OC(C)(C)O[C@@H]32)[C@@H]2O[C@H]([C@H]3COC(C)(C)O3)[C@@H]3OC(C)(C)O[C@@H]32)[C@H]2OC(C)(C)O[C@@H]12. The Morgan fingerprint density at radius 3 is 1.45 bits per heavy atom. The summed E-state index contributed by atoms with van der Waals surface area (Å²) < 4.78 is 106. The molecule has 0 bridgehead atoms. The van der Waals surface area contributed by atoms with Gasteiger partial charge in [-0.15, -0.1) is 0 Å². The van der Waals surface area contributed by atoms with Gasteiger partial charge in [0.2, 0.25) is 0 Å². The van der Waals surface area contributed by atoms with Crippen molar-refractivity contribution in [1.29, 1.82) is 0 Å². The van der Waals surface area contributed by atoms with Crippen molar-refractivity contribution in [2.75, 3.05) is 34.0 Å². The van der Waals surface area contributed by atoms with Crippen molar-refractivity contribution in [3.63, 3.8) is 0 Å². The van der Waals surface area contributed by atoms with Crippen LogP contribution in [0.15, 0.2) is 0 Å². The summed E-state index contributed by atoms with van der Waals surface area (Å²) in [5, 5.41) is 0. The Kier molecular flexibility index (Phi) is 9.03. The second-order valence-corrected chi connectivity index (χ2v) is 16.8. The lowest BCUT2D eigenvalue weighted by molar-refractivity contribution is -0.231. The largest absolute Gasteiger partial charge is 0.362 e. The number of ether oxygens (including phenoxy) is 13. The zero-order chi connectivity index (χ0) is 33.7. The molecule has 7 saturated heterocycles. The average molecular weight is 697 g/mol. The third kappa shape index (κ3) is 6.61. The van der Waals surface area contributed by atoms with Gasteiger partial charge >= 0.3 is 7.60 Å². The molecule has 7 aliphatic rings. The van der Waals surface area contributed by atoms with E-state index in [9.17, 15) is 0 Å². The van der Waals surface area contributed by atoms with Gasteiger partial charge in [-0.3, -0.25) is 4.57 Å². The molecule has 0 amide bonds. The van der Waals surface area contributed by atoms with E-state index in [1.165, 1.54) is 14.2 Å². The minimum atomic E-state index is -4.26. The first-order valence-electron chi connectivity index (χ1n) is 16.2. The van der Waals surface area contributed by atoms with Crippen molar-refractivity contribution in [2.24, 2.45) is 0 Å². The lowest BCUT2D eigenvalue weighted by atomic mass is 10.1. The summed E-state index contributed by atoms with van der Waals surface area (Å²) in [5.74, 6) is -4.77. The van der Waals surface area contributed by atoms with Gasteiger partial charge in [-0.05, 0) is 55.4 Å². The Morgan fingerprint density at radius 1 is 0.553 bits per heavy atom. The van der Waals surface area contributed by atoms with Gasteiger partial charge in [0.15, 0.2) is 41.6 Å². The van der Waals surface area contributed by atoms with Gasteiger partial charge in [-0.2, -0.15) is 0 Å². The second kappa shape index (κ2) is 12.1. The summed E-state index contributed by atoms with van der Waals surface area (Å²) in [5.41, 5.74) is 0. The molecule has 7 fully saturated rings. The van der Waals surface area contributed by atoms with E-state index in [0.717, 1.165) is 0 Å². The number of hydrogen-bond acceptors (Lipinski definition) is 16. The van der Waals surface area contributed by atoms with Crippen molar-refractivity contribution in [2.45, 2.75) is 158 Å². The molecule has 0 radical (unpaired) electrons. The van der Waals surface area contributed by atoms with Gasteiger partial charge in [0, 0.05) is 14.2 Å². The molecule has 0 aromatic rings. The predicted molar refractivity (Wildman–Crippen MR) is 156 cm³/mol. The Balaban J connectivity index is 1.15. The molecule has 0 spiro atoms. The van der Waals surface area contributed by atoms with Crippen molar-refractivity contribution in [3.05, 3.63) is 0 Å². The standard InChI is InChI=1S/C30H49O16P/c1-27(2)34-11-16(40-27)17-20-23(46-30(7,8)43-20)26(39-17)47(31,35-12-14-18-21(24(32-9)37-14)44-28(3,4)41-18)36-13-15-19-22(25(33-10)38-15)45-29(5,6)42-19/h14-26H,11-13H2,1-10H3/t14-,15-,16-,17-,18-,19-,20+,21-,22-,23+,24-,25-,26+/m1/s1. The first kappa shape index (κ1) is 35.1. The third-order valence-corrected chi connectivity index (χ3v) is 11.3. The van der Waals surface area contributed by atoms with E-state index in [-0.39, 0.29) is 19.8 Å². The Labute approximate surface area is 274 Å². The van der Waals surface area contributed by atoms with Gasteiger partial charge < -0.3 is 70.6 Å². The van der Waals surface area contributed by atoms with Crippen LogP contribution in [0.3, 0.4) is 0 Å².